The molecular weight excluding hydrogens is 144 g/mol. The molecule has 12 heavy (non-hydrogen) atoms. The molecular formula is C12H18. The molecule has 0 heterocycles. The minimum atomic E-state index is 0.419. The molecule has 0 aliphatic heterocycles. The van der Waals surface area contributed by atoms with Crippen LogP contribution in [0.25, 0.3) is 0 Å². The summed E-state index contributed by atoms with van der Waals surface area (Å²) in [5, 5.41) is 0. The molecule has 0 heteroatoms. The second-order valence-corrected chi connectivity index (χ2v) is 3.51. The van der Waals surface area contributed by atoms with Crippen molar-refractivity contribution in [3.63, 3.8) is 0 Å². The molecule has 0 spiro atoms. The molecule has 0 aliphatic rings. The van der Waals surface area contributed by atoms with Crippen molar-refractivity contribution in [2.45, 2.75) is 39.5 Å². The Morgan fingerprint density at radius 2 is 1.83 bits per heavy atom. The van der Waals surface area contributed by atoms with Crippen LogP contribution >= 0.6 is 0 Å². The van der Waals surface area contributed by atoms with Crippen LogP contribution in [0.4, 0.5) is 0 Å². The van der Waals surface area contributed by atoms with Crippen LogP contribution in [-0.4, -0.2) is 0 Å². The highest BCUT2D eigenvalue weighted by Crippen LogP contribution is 2.14. The molecule has 0 radical (unpaired) electrons. The molecule has 0 aliphatic carbocycles. The predicted molar refractivity (Wildman–Crippen MR) is 54.5 cm³/mol. The molecule has 0 aromatic rings. The summed E-state index contributed by atoms with van der Waals surface area (Å²) in [6.45, 7) is 4.28. The maximum Gasteiger partial charge on any atom is 0.0171 e. The zero-order valence-corrected chi connectivity index (χ0v) is 8.14. The van der Waals surface area contributed by atoms with Crippen molar-refractivity contribution >= 4 is 0 Å². The smallest absolute Gasteiger partial charge is 0.0171 e. The third kappa shape index (κ3) is 5.87. The van der Waals surface area contributed by atoms with Crippen LogP contribution in [0.15, 0.2) is 0 Å². The van der Waals surface area contributed by atoms with E-state index < -0.39 is 0 Å². The van der Waals surface area contributed by atoms with E-state index >= 15 is 0 Å². The fourth-order valence-corrected chi connectivity index (χ4v) is 1.16. The van der Waals surface area contributed by atoms with Crippen LogP contribution in [0.5, 0.6) is 0 Å². The molecule has 0 nitrogen and oxygen atoms in total. The number of terminal acetylenes is 2. The molecule has 0 N–H and O–H groups in total. The second kappa shape index (κ2) is 6.81. The molecule has 66 valence electrons. The standard InChI is InChI=1S/C12H18/c1-5-8-12(4)10-7-9-11(3)6-2/h1-2,11-12H,7-10H2,3-4H3. The summed E-state index contributed by atoms with van der Waals surface area (Å²) in [7, 11) is 0. The van der Waals surface area contributed by atoms with E-state index in [9.17, 15) is 0 Å². The van der Waals surface area contributed by atoms with Crippen molar-refractivity contribution in [2.24, 2.45) is 11.8 Å². The highest BCUT2D eigenvalue weighted by Gasteiger charge is 2.01. The van der Waals surface area contributed by atoms with Gasteiger partial charge in [-0.2, -0.15) is 0 Å². The SMILES string of the molecule is C#CCC(C)CCCC(C)C#C. The lowest BCUT2D eigenvalue weighted by Gasteiger charge is -2.08. The summed E-state index contributed by atoms with van der Waals surface area (Å²) >= 11 is 0. The van der Waals surface area contributed by atoms with Gasteiger partial charge in [-0.1, -0.05) is 20.3 Å². The van der Waals surface area contributed by atoms with Crippen LogP contribution in [-0.2, 0) is 0 Å². The average Bonchev–Trinajstić information content (AvgIpc) is 2.04. The van der Waals surface area contributed by atoms with E-state index in [2.05, 4.69) is 25.7 Å². The van der Waals surface area contributed by atoms with Gasteiger partial charge in [0.1, 0.15) is 0 Å². The molecule has 0 fully saturated rings. The second-order valence-electron chi connectivity index (χ2n) is 3.51. The Kier molecular flexibility index (Phi) is 6.31. The van der Waals surface area contributed by atoms with Crippen LogP contribution in [0.1, 0.15) is 39.5 Å². The first kappa shape index (κ1) is 11.1. The highest BCUT2D eigenvalue weighted by atomic mass is 14.1. The van der Waals surface area contributed by atoms with Gasteiger partial charge in [0.05, 0.1) is 0 Å². The van der Waals surface area contributed by atoms with E-state index in [4.69, 9.17) is 12.8 Å². The van der Waals surface area contributed by atoms with Gasteiger partial charge in [0.25, 0.3) is 0 Å². The lowest BCUT2D eigenvalue weighted by molar-refractivity contribution is 0.485. The van der Waals surface area contributed by atoms with Crippen molar-refractivity contribution in [2.75, 3.05) is 0 Å². The Morgan fingerprint density at radius 1 is 1.17 bits per heavy atom. The van der Waals surface area contributed by atoms with Crippen molar-refractivity contribution in [3.05, 3.63) is 0 Å². The Balaban J connectivity index is 3.33. The van der Waals surface area contributed by atoms with Gasteiger partial charge in [-0.25, -0.2) is 0 Å². The van der Waals surface area contributed by atoms with Crippen LogP contribution < -0.4 is 0 Å². The van der Waals surface area contributed by atoms with E-state index in [0.717, 1.165) is 12.8 Å². The average molecular weight is 162 g/mol. The molecule has 0 saturated heterocycles. The quantitative estimate of drug-likeness (QED) is 0.545. The monoisotopic (exact) mass is 162 g/mol. The summed E-state index contributed by atoms with van der Waals surface area (Å²) in [4.78, 5) is 0. The summed E-state index contributed by atoms with van der Waals surface area (Å²) in [5.74, 6) is 6.48. The number of hydrogen-bond donors (Lipinski definition) is 0. The summed E-state index contributed by atoms with van der Waals surface area (Å²) < 4.78 is 0. The van der Waals surface area contributed by atoms with Crippen LogP contribution in [0.2, 0.25) is 0 Å². The van der Waals surface area contributed by atoms with Gasteiger partial charge in [-0.3, -0.25) is 0 Å². The van der Waals surface area contributed by atoms with E-state index in [1.807, 2.05) is 0 Å². The molecule has 2 unspecified atom stereocenters. The lowest BCUT2D eigenvalue weighted by atomic mass is 9.97. The van der Waals surface area contributed by atoms with Gasteiger partial charge in [0.2, 0.25) is 0 Å². The topological polar surface area (TPSA) is 0 Å². The minimum Gasteiger partial charge on any atom is -0.120 e. The Hall–Kier alpha value is -0.880. The van der Waals surface area contributed by atoms with E-state index in [1.54, 1.807) is 0 Å². The third-order valence-corrected chi connectivity index (χ3v) is 2.08. The lowest BCUT2D eigenvalue weighted by Crippen LogP contribution is -1.96. The normalized spacial score (nSPS) is 14.3. The summed E-state index contributed by atoms with van der Waals surface area (Å²) in [5.41, 5.74) is 0. The molecule has 0 aromatic heterocycles. The van der Waals surface area contributed by atoms with Gasteiger partial charge in [-0.05, 0) is 18.8 Å². The van der Waals surface area contributed by atoms with Crippen LogP contribution in [0, 0.1) is 36.5 Å². The first-order valence-electron chi connectivity index (χ1n) is 4.60. The maximum atomic E-state index is 5.27. The van der Waals surface area contributed by atoms with Crippen LogP contribution in [0.3, 0.4) is 0 Å². The Labute approximate surface area is 76.8 Å². The zero-order valence-electron chi connectivity index (χ0n) is 8.14. The van der Waals surface area contributed by atoms with Gasteiger partial charge in [-0.15, -0.1) is 24.7 Å². The number of hydrogen-bond acceptors (Lipinski definition) is 0. The maximum absolute atomic E-state index is 5.27. The fourth-order valence-electron chi connectivity index (χ4n) is 1.16. The fraction of sp³-hybridized carbons (Fsp3) is 0.667. The van der Waals surface area contributed by atoms with Gasteiger partial charge >= 0.3 is 0 Å². The molecule has 0 rings (SSSR count). The summed E-state index contributed by atoms with van der Waals surface area (Å²) in [6.07, 6.45) is 14.9. The van der Waals surface area contributed by atoms with E-state index in [1.165, 1.54) is 12.8 Å². The van der Waals surface area contributed by atoms with E-state index in [-0.39, 0.29) is 0 Å². The van der Waals surface area contributed by atoms with Gasteiger partial charge in [0.15, 0.2) is 0 Å². The first-order valence-corrected chi connectivity index (χ1v) is 4.60. The summed E-state index contributed by atoms with van der Waals surface area (Å²) in [6, 6.07) is 0. The molecule has 2 atom stereocenters. The Morgan fingerprint density at radius 3 is 2.33 bits per heavy atom. The molecule has 0 aromatic carbocycles. The molecule has 0 saturated carbocycles. The van der Waals surface area contributed by atoms with E-state index in [0.29, 0.717) is 11.8 Å². The van der Waals surface area contributed by atoms with Gasteiger partial charge < -0.3 is 0 Å². The molecule has 0 amide bonds. The third-order valence-electron chi connectivity index (χ3n) is 2.08. The Bertz CT molecular complexity index is 177. The highest BCUT2D eigenvalue weighted by molar-refractivity contribution is 4.90. The largest absolute Gasteiger partial charge is 0.120 e. The molecule has 0 bridgehead atoms. The minimum absolute atomic E-state index is 0.419. The van der Waals surface area contributed by atoms with Crippen molar-refractivity contribution in [3.8, 4) is 24.7 Å². The van der Waals surface area contributed by atoms with Gasteiger partial charge in [0, 0.05) is 12.3 Å². The zero-order chi connectivity index (χ0) is 9.40. The van der Waals surface area contributed by atoms with Crippen molar-refractivity contribution in [1.82, 2.24) is 0 Å². The first-order chi connectivity index (χ1) is 5.70. The number of rotatable bonds is 5. The van der Waals surface area contributed by atoms with Crippen molar-refractivity contribution in [1.29, 1.82) is 0 Å². The van der Waals surface area contributed by atoms with Crippen molar-refractivity contribution < 1.29 is 0 Å². The predicted octanol–water partition coefficient (Wildman–Crippen LogP) is 3.09.